The summed E-state index contributed by atoms with van der Waals surface area (Å²) in [5.41, 5.74) is 2.18. The molecule has 0 unspecified atom stereocenters. The normalized spacial score (nSPS) is 10.0. The van der Waals surface area contributed by atoms with Gasteiger partial charge in [0.15, 0.2) is 0 Å². The molecule has 0 saturated carbocycles. The molecule has 0 saturated heterocycles. The van der Waals surface area contributed by atoms with Crippen molar-refractivity contribution in [2.24, 2.45) is 4.99 Å². The third-order valence-corrected chi connectivity index (χ3v) is 3.00. The molecule has 2 rings (SSSR count). The average Bonchev–Trinajstić information content (AvgIpc) is 2.43. The SMILES string of the molecule is Cc1cccc(C=Nc2ccccc2F)c1[S-].[Cl][Ti][Cl]. The molecule has 0 atom stereocenters. The van der Waals surface area contributed by atoms with Gasteiger partial charge in [0.1, 0.15) is 5.82 Å². The molecule has 0 aliphatic rings. The van der Waals surface area contributed by atoms with E-state index in [1.54, 1.807) is 24.4 Å². The molecule has 0 heterocycles. The predicted octanol–water partition coefficient (Wildman–Crippen LogP) is 5.17. The zero-order valence-corrected chi connectivity index (χ0v) is 14.5. The summed E-state index contributed by atoms with van der Waals surface area (Å²) in [7, 11) is 9.78. The van der Waals surface area contributed by atoms with E-state index in [1.807, 2.05) is 25.1 Å². The van der Waals surface area contributed by atoms with E-state index in [9.17, 15) is 4.39 Å². The van der Waals surface area contributed by atoms with Crippen LogP contribution in [0.15, 0.2) is 52.4 Å². The molecule has 0 N–H and O–H groups in total. The molecule has 2 aromatic carbocycles. The third kappa shape index (κ3) is 5.51. The van der Waals surface area contributed by atoms with E-state index >= 15 is 0 Å². The van der Waals surface area contributed by atoms with Crippen molar-refractivity contribution in [2.45, 2.75) is 11.8 Å². The van der Waals surface area contributed by atoms with Crippen molar-refractivity contribution < 1.29 is 21.4 Å². The van der Waals surface area contributed by atoms with Crippen LogP contribution < -0.4 is 0 Å². The molecule has 0 radical (unpaired) electrons. The van der Waals surface area contributed by atoms with Gasteiger partial charge in [-0.25, -0.2) is 4.39 Å². The van der Waals surface area contributed by atoms with Crippen molar-refractivity contribution in [3.8, 4) is 0 Å². The quantitative estimate of drug-likeness (QED) is 0.408. The van der Waals surface area contributed by atoms with Crippen molar-refractivity contribution in [1.29, 1.82) is 0 Å². The molecule has 6 heteroatoms. The molecule has 0 fully saturated rings. The first-order chi connectivity index (χ1) is 9.60. The van der Waals surface area contributed by atoms with Crippen molar-refractivity contribution >= 4 is 43.1 Å². The zero-order chi connectivity index (χ0) is 15.0. The van der Waals surface area contributed by atoms with Crippen LogP contribution in [0.1, 0.15) is 11.1 Å². The summed E-state index contributed by atoms with van der Waals surface area (Å²) in [6, 6.07) is 12.1. The van der Waals surface area contributed by atoms with Crippen LogP contribution >= 0.6 is 18.6 Å². The van der Waals surface area contributed by atoms with Gasteiger partial charge in [-0.1, -0.05) is 35.9 Å². The van der Waals surface area contributed by atoms with E-state index in [1.165, 1.54) is 6.07 Å². The number of halogens is 3. The Morgan fingerprint density at radius 2 is 1.80 bits per heavy atom. The van der Waals surface area contributed by atoms with Crippen molar-refractivity contribution in [2.75, 3.05) is 0 Å². The van der Waals surface area contributed by atoms with Gasteiger partial charge < -0.3 is 12.6 Å². The van der Waals surface area contributed by atoms with Gasteiger partial charge in [-0.15, -0.1) is 0 Å². The molecule has 20 heavy (non-hydrogen) atoms. The van der Waals surface area contributed by atoms with Crippen molar-refractivity contribution in [3.63, 3.8) is 0 Å². The van der Waals surface area contributed by atoms with E-state index in [-0.39, 0.29) is 5.82 Å². The maximum atomic E-state index is 13.3. The Morgan fingerprint density at radius 3 is 2.45 bits per heavy atom. The fraction of sp³-hybridized carbons (Fsp3) is 0.0714. The molecule has 0 aromatic heterocycles. The van der Waals surface area contributed by atoms with Crippen LogP contribution in [0.3, 0.4) is 0 Å². The fourth-order valence-corrected chi connectivity index (χ4v) is 1.66. The van der Waals surface area contributed by atoms with Gasteiger partial charge >= 0.3 is 35.6 Å². The average molecular weight is 363 g/mol. The summed E-state index contributed by atoms with van der Waals surface area (Å²) in [6.07, 6.45) is 1.60. The molecule has 1 nitrogen and oxygen atoms in total. The topological polar surface area (TPSA) is 12.4 Å². The standard InChI is InChI=1S/C14H12FNS.2ClH.Ti/c1-10-5-4-6-11(14(10)17)9-16-13-8-3-2-7-12(13)15;;;/h2-9,17H,1H3;2*1H;/q;;;+2/p-3. The van der Waals surface area contributed by atoms with E-state index < -0.39 is 17.0 Å². The van der Waals surface area contributed by atoms with Crippen LogP contribution in [0.25, 0.3) is 0 Å². The Labute approximate surface area is 140 Å². The Balaban J connectivity index is 0.000000612. The second-order valence-corrected chi connectivity index (χ2v) is 6.76. The Bertz CT molecular complexity index is 593. The number of rotatable bonds is 2. The van der Waals surface area contributed by atoms with E-state index in [0.29, 0.717) is 5.69 Å². The second kappa shape index (κ2) is 9.48. The Hall–Kier alpha value is -0.446. The fourth-order valence-electron chi connectivity index (χ4n) is 1.47. The molecular formula is C14H11Cl2FNSTi-. The van der Waals surface area contributed by atoms with Crippen molar-refractivity contribution in [3.05, 3.63) is 59.4 Å². The number of hydrogen-bond acceptors (Lipinski definition) is 2. The van der Waals surface area contributed by atoms with E-state index in [4.69, 9.17) is 31.2 Å². The van der Waals surface area contributed by atoms with Crippen LogP contribution in [0, 0.1) is 12.7 Å². The molecule has 104 valence electrons. The van der Waals surface area contributed by atoms with Gasteiger partial charge in [-0.3, -0.25) is 4.99 Å². The number of para-hydroxylation sites is 1. The number of benzene rings is 2. The van der Waals surface area contributed by atoms with Crippen LogP contribution in [0.2, 0.25) is 0 Å². The first kappa shape index (κ1) is 17.6. The number of nitrogens with zero attached hydrogens (tertiary/aromatic N) is 1. The first-order valence-corrected chi connectivity index (χ1v) is 10.3. The van der Waals surface area contributed by atoms with Crippen molar-refractivity contribution in [1.82, 2.24) is 0 Å². The molecule has 2 aromatic rings. The van der Waals surface area contributed by atoms with Gasteiger partial charge in [0, 0.05) is 6.21 Å². The van der Waals surface area contributed by atoms with Crippen LogP contribution in [-0.2, 0) is 29.7 Å². The van der Waals surface area contributed by atoms with Crippen LogP contribution in [0.4, 0.5) is 10.1 Å². The maximum absolute atomic E-state index is 13.3. The van der Waals surface area contributed by atoms with Gasteiger partial charge in [0.2, 0.25) is 0 Å². The van der Waals surface area contributed by atoms with E-state index in [2.05, 4.69) is 4.99 Å². The number of aryl methyl sites for hydroxylation is 1. The minimum atomic E-state index is -0.556. The summed E-state index contributed by atoms with van der Waals surface area (Å²) in [5, 5.41) is 0. The predicted molar refractivity (Wildman–Crippen MR) is 82.2 cm³/mol. The van der Waals surface area contributed by atoms with Gasteiger partial charge in [-0.05, 0) is 24.6 Å². The molecule has 0 aliphatic heterocycles. The molecule has 0 bridgehead atoms. The van der Waals surface area contributed by atoms with Gasteiger partial charge in [0.25, 0.3) is 0 Å². The monoisotopic (exact) mass is 362 g/mol. The Morgan fingerprint density at radius 1 is 1.15 bits per heavy atom. The molecule has 0 spiro atoms. The summed E-state index contributed by atoms with van der Waals surface area (Å²) >= 11 is 4.70. The van der Waals surface area contributed by atoms with Crippen LogP contribution in [0.5, 0.6) is 0 Å². The van der Waals surface area contributed by atoms with Gasteiger partial charge in [-0.2, -0.15) is 4.90 Å². The summed E-state index contributed by atoms with van der Waals surface area (Å²) in [5.74, 6) is -0.331. The summed E-state index contributed by atoms with van der Waals surface area (Å²) < 4.78 is 13.3. The number of hydrogen-bond donors (Lipinski definition) is 0. The molecule has 0 amide bonds. The minimum absolute atomic E-state index is 0.323. The van der Waals surface area contributed by atoms with Gasteiger partial charge in [0.05, 0.1) is 5.69 Å². The number of aliphatic imine (C=N–C) groups is 1. The summed E-state index contributed by atoms with van der Waals surface area (Å²) in [4.78, 5) is 4.87. The Kier molecular flexibility index (Phi) is 8.35. The molecule has 0 aliphatic carbocycles. The van der Waals surface area contributed by atoms with E-state index in [0.717, 1.165) is 16.0 Å². The second-order valence-electron chi connectivity index (χ2n) is 3.77. The third-order valence-electron chi connectivity index (χ3n) is 2.44. The summed E-state index contributed by atoms with van der Waals surface area (Å²) in [6.45, 7) is 1.95. The van der Waals surface area contributed by atoms with Crippen LogP contribution in [-0.4, -0.2) is 6.21 Å². The first-order valence-electron chi connectivity index (χ1n) is 5.61. The zero-order valence-electron chi connectivity index (χ0n) is 10.6. The molecular weight excluding hydrogens is 352 g/mol.